The van der Waals surface area contributed by atoms with Crippen molar-refractivity contribution in [2.24, 2.45) is 5.73 Å². The van der Waals surface area contributed by atoms with Crippen molar-refractivity contribution in [3.63, 3.8) is 0 Å². The molecule has 0 atom stereocenters. The Morgan fingerprint density at radius 1 is 1.28 bits per heavy atom. The SMILES string of the molecule is CCCCCNS(=O)(=O)c1ccccc1C(N)=O. The third-order valence-corrected chi connectivity index (χ3v) is 4.03. The number of hydrogen-bond acceptors (Lipinski definition) is 3. The van der Waals surface area contributed by atoms with Crippen molar-refractivity contribution in [3.05, 3.63) is 29.8 Å². The zero-order chi connectivity index (χ0) is 13.6. The summed E-state index contributed by atoms with van der Waals surface area (Å²) in [5.41, 5.74) is 5.17. The van der Waals surface area contributed by atoms with E-state index in [1.54, 1.807) is 12.1 Å². The second-order valence-corrected chi connectivity index (χ2v) is 5.70. The molecule has 0 bridgehead atoms. The molecule has 0 radical (unpaired) electrons. The fourth-order valence-corrected chi connectivity index (χ4v) is 2.85. The van der Waals surface area contributed by atoms with E-state index < -0.39 is 15.9 Å². The van der Waals surface area contributed by atoms with E-state index in [4.69, 9.17) is 5.73 Å². The molecule has 0 saturated heterocycles. The average Bonchev–Trinajstić information content (AvgIpc) is 2.35. The number of nitrogens with one attached hydrogen (secondary N) is 1. The van der Waals surface area contributed by atoms with Crippen LogP contribution in [0.4, 0.5) is 0 Å². The summed E-state index contributed by atoms with van der Waals surface area (Å²) in [5.74, 6) is -0.746. The van der Waals surface area contributed by atoms with Crippen LogP contribution in [-0.4, -0.2) is 20.9 Å². The van der Waals surface area contributed by atoms with Crippen LogP contribution < -0.4 is 10.5 Å². The molecule has 5 nitrogen and oxygen atoms in total. The predicted octanol–water partition coefficient (Wildman–Crippen LogP) is 1.25. The molecule has 1 rings (SSSR count). The van der Waals surface area contributed by atoms with E-state index >= 15 is 0 Å². The first kappa shape index (κ1) is 14.7. The van der Waals surface area contributed by atoms with Crippen molar-refractivity contribution in [3.8, 4) is 0 Å². The fraction of sp³-hybridized carbons (Fsp3) is 0.417. The van der Waals surface area contributed by atoms with Crippen LogP contribution in [0.5, 0.6) is 0 Å². The highest BCUT2D eigenvalue weighted by Gasteiger charge is 2.19. The maximum atomic E-state index is 12.0. The lowest BCUT2D eigenvalue weighted by Gasteiger charge is -2.09. The first-order chi connectivity index (χ1) is 8.49. The highest BCUT2D eigenvalue weighted by atomic mass is 32.2. The first-order valence-electron chi connectivity index (χ1n) is 5.87. The lowest BCUT2D eigenvalue weighted by atomic mass is 10.2. The number of amides is 1. The van der Waals surface area contributed by atoms with Gasteiger partial charge in [0.05, 0.1) is 10.5 Å². The maximum absolute atomic E-state index is 12.0. The van der Waals surface area contributed by atoms with Crippen molar-refractivity contribution in [2.75, 3.05) is 6.54 Å². The van der Waals surface area contributed by atoms with Gasteiger partial charge in [0.1, 0.15) is 0 Å². The summed E-state index contributed by atoms with van der Waals surface area (Å²) < 4.78 is 26.5. The zero-order valence-electron chi connectivity index (χ0n) is 10.3. The predicted molar refractivity (Wildman–Crippen MR) is 69.7 cm³/mol. The second-order valence-electron chi connectivity index (χ2n) is 3.97. The number of carbonyl (C=O) groups is 1. The Balaban J connectivity index is 2.88. The van der Waals surface area contributed by atoms with E-state index in [0.717, 1.165) is 19.3 Å². The molecule has 0 aliphatic carbocycles. The van der Waals surface area contributed by atoms with Crippen LogP contribution in [0, 0.1) is 0 Å². The monoisotopic (exact) mass is 270 g/mol. The van der Waals surface area contributed by atoms with E-state index in [1.165, 1.54) is 12.1 Å². The Hall–Kier alpha value is -1.40. The molecule has 0 heterocycles. The molecule has 0 aliphatic heterocycles. The molecule has 3 N–H and O–H groups in total. The largest absolute Gasteiger partial charge is 0.366 e. The molecule has 0 spiro atoms. The Morgan fingerprint density at radius 2 is 1.94 bits per heavy atom. The van der Waals surface area contributed by atoms with Gasteiger partial charge in [-0.3, -0.25) is 4.79 Å². The van der Waals surface area contributed by atoms with Gasteiger partial charge < -0.3 is 5.73 Å². The number of sulfonamides is 1. The molecule has 0 unspecified atom stereocenters. The smallest absolute Gasteiger partial charge is 0.250 e. The first-order valence-corrected chi connectivity index (χ1v) is 7.36. The molecule has 18 heavy (non-hydrogen) atoms. The third kappa shape index (κ3) is 3.82. The minimum Gasteiger partial charge on any atom is -0.366 e. The molecule has 1 amide bonds. The van der Waals surface area contributed by atoms with Crippen LogP contribution in [-0.2, 0) is 10.0 Å². The Morgan fingerprint density at radius 3 is 2.56 bits per heavy atom. The summed E-state index contributed by atoms with van der Waals surface area (Å²) in [5, 5.41) is 0. The Bertz CT molecular complexity index is 512. The number of nitrogens with two attached hydrogens (primary N) is 1. The number of benzene rings is 1. The van der Waals surface area contributed by atoms with Gasteiger partial charge in [0, 0.05) is 6.54 Å². The molecule has 0 aliphatic rings. The standard InChI is InChI=1S/C12H18N2O3S/c1-2-3-6-9-14-18(16,17)11-8-5-4-7-10(11)12(13)15/h4-5,7-8,14H,2-3,6,9H2,1H3,(H2,13,15). The van der Waals surface area contributed by atoms with Gasteiger partial charge >= 0.3 is 0 Å². The summed E-state index contributed by atoms with van der Waals surface area (Å²) in [6.45, 7) is 2.40. The molecular formula is C12H18N2O3S. The molecule has 1 aromatic rings. The van der Waals surface area contributed by atoms with Gasteiger partial charge in [-0.2, -0.15) is 0 Å². The van der Waals surface area contributed by atoms with E-state index in [0.29, 0.717) is 6.54 Å². The molecule has 100 valence electrons. The van der Waals surface area contributed by atoms with Crippen molar-refractivity contribution in [2.45, 2.75) is 31.1 Å². The van der Waals surface area contributed by atoms with Crippen LogP contribution in [0.25, 0.3) is 0 Å². The molecule has 0 saturated carbocycles. The van der Waals surface area contributed by atoms with Gasteiger partial charge in [-0.05, 0) is 18.6 Å². The fourth-order valence-electron chi connectivity index (χ4n) is 1.56. The number of primary amides is 1. The maximum Gasteiger partial charge on any atom is 0.250 e. The summed E-state index contributed by atoms with van der Waals surface area (Å²) in [6.07, 6.45) is 2.74. The molecule has 0 fully saturated rings. The lowest BCUT2D eigenvalue weighted by molar-refractivity contribution is 0.0997. The minimum absolute atomic E-state index is 0.0143. The van der Waals surface area contributed by atoms with Crippen LogP contribution in [0.3, 0.4) is 0 Å². The highest BCUT2D eigenvalue weighted by molar-refractivity contribution is 7.89. The third-order valence-electron chi connectivity index (χ3n) is 2.51. The number of hydrogen-bond donors (Lipinski definition) is 2. The van der Waals surface area contributed by atoms with E-state index in [2.05, 4.69) is 4.72 Å². The second kappa shape index (κ2) is 6.51. The van der Waals surface area contributed by atoms with Gasteiger partial charge in [-0.1, -0.05) is 31.9 Å². The summed E-state index contributed by atoms with van der Waals surface area (Å²) in [7, 11) is -3.67. The van der Waals surface area contributed by atoms with Crippen molar-refractivity contribution >= 4 is 15.9 Å². The average molecular weight is 270 g/mol. The number of carbonyl (C=O) groups excluding carboxylic acids is 1. The minimum atomic E-state index is -3.67. The van der Waals surface area contributed by atoms with Gasteiger partial charge in [-0.25, -0.2) is 13.1 Å². The summed E-state index contributed by atoms with van der Waals surface area (Å²) >= 11 is 0. The lowest BCUT2D eigenvalue weighted by Crippen LogP contribution is -2.27. The molecule has 1 aromatic carbocycles. The van der Waals surface area contributed by atoms with Crippen LogP contribution in [0.1, 0.15) is 36.5 Å². The normalized spacial score (nSPS) is 11.4. The highest BCUT2D eigenvalue weighted by Crippen LogP contribution is 2.14. The van der Waals surface area contributed by atoms with Gasteiger partial charge in [-0.15, -0.1) is 0 Å². The van der Waals surface area contributed by atoms with Gasteiger partial charge in [0.2, 0.25) is 15.9 Å². The van der Waals surface area contributed by atoms with Crippen LogP contribution in [0.15, 0.2) is 29.2 Å². The topological polar surface area (TPSA) is 89.3 Å². The van der Waals surface area contributed by atoms with Crippen molar-refractivity contribution in [1.29, 1.82) is 0 Å². The molecular weight excluding hydrogens is 252 g/mol. The Kier molecular flexibility index (Phi) is 5.30. The van der Waals surface area contributed by atoms with Crippen molar-refractivity contribution in [1.82, 2.24) is 4.72 Å². The van der Waals surface area contributed by atoms with E-state index in [1.807, 2.05) is 6.92 Å². The molecule has 6 heteroatoms. The number of rotatable bonds is 7. The van der Waals surface area contributed by atoms with E-state index in [-0.39, 0.29) is 10.5 Å². The van der Waals surface area contributed by atoms with Crippen molar-refractivity contribution < 1.29 is 13.2 Å². The van der Waals surface area contributed by atoms with Gasteiger partial charge in [0.15, 0.2) is 0 Å². The van der Waals surface area contributed by atoms with Crippen LogP contribution >= 0.6 is 0 Å². The quantitative estimate of drug-likeness (QED) is 0.731. The summed E-state index contributed by atoms with van der Waals surface area (Å²) in [6, 6.07) is 5.93. The number of unbranched alkanes of at least 4 members (excludes halogenated alkanes) is 2. The molecule has 0 aromatic heterocycles. The zero-order valence-corrected chi connectivity index (χ0v) is 11.2. The van der Waals surface area contributed by atoms with Crippen LogP contribution in [0.2, 0.25) is 0 Å². The summed E-state index contributed by atoms with van der Waals surface area (Å²) in [4.78, 5) is 11.1. The van der Waals surface area contributed by atoms with E-state index in [9.17, 15) is 13.2 Å². The Labute approximate surface area is 107 Å². The van der Waals surface area contributed by atoms with Gasteiger partial charge in [0.25, 0.3) is 0 Å².